The van der Waals surface area contributed by atoms with Crippen molar-refractivity contribution in [2.45, 2.75) is 32.0 Å². The van der Waals surface area contributed by atoms with Crippen LogP contribution in [0.15, 0.2) is 5.16 Å². The smallest absolute Gasteiger partial charge is 0.209 e. The van der Waals surface area contributed by atoms with E-state index in [1.54, 1.807) is 11.8 Å². The molecule has 14 heavy (non-hydrogen) atoms. The summed E-state index contributed by atoms with van der Waals surface area (Å²) < 4.78 is 1.85. The highest BCUT2D eigenvalue weighted by molar-refractivity contribution is 7.99. The summed E-state index contributed by atoms with van der Waals surface area (Å²) in [6.07, 6.45) is 1.14. The SMILES string of the molecule is CCCSc1nnnn1CCNCC. The molecule has 0 unspecified atom stereocenters. The Balaban J connectivity index is 2.37. The minimum Gasteiger partial charge on any atom is -0.315 e. The molecule has 0 aliphatic carbocycles. The standard InChI is InChI=1S/C8H17N5S/c1-3-7-14-8-10-11-12-13(8)6-5-9-4-2/h9H,3-7H2,1-2H3. The van der Waals surface area contributed by atoms with Crippen LogP contribution in [-0.2, 0) is 6.54 Å². The van der Waals surface area contributed by atoms with Crippen LogP contribution in [0.3, 0.4) is 0 Å². The molecule has 1 N–H and O–H groups in total. The molecule has 0 atom stereocenters. The van der Waals surface area contributed by atoms with Gasteiger partial charge in [0.05, 0.1) is 6.54 Å². The number of nitrogens with zero attached hydrogens (tertiary/aromatic N) is 4. The fraction of sp³-hybridized carbons (Fsp3) is 0.875. The third-order valence-corrected chi connectivity index (χ3v) is 2.85. The summed E-state index contributed by atoms with van der Waals surface area (Å²) in [5.74, 6) is 1.07. The van der Waals surface area contributed by atoms with Crippen LogP contribution in [0.25, 0.3) is 0 Å². The molecule has 0 saturated carbocycles. The molecule has 0 bridgehead atoms. The number of aromatic nitrogens is 4. The van der Waals surface area contributed by atoms with Crippen LogP contribution in [0, 0.1) is 0 Å². The molecular weight excluding hydrogens is 198 g/mol. The zero-order valence-electron chi connectivity index (χ0n) is 8.73. The Morgan fingerprint density at radius 1 is 1.43 bits per heavy atom. The third kappa shape index (κ3) is 3.63. The molecule has 0 spiro atoms. The van der Waals surface area contributed by atoms with E-state index in [1.807, 2.05) is 4.68 Å². The predicted molar refractivity (Wildman–Crippen MR) is 57.4 cm³/mol. The summed E-state index contributed by atoms with van der Waals surface area (Å²) in [7, 11) is 0. The Morgan fingerprint density at radius 3 is 3.00 bits per heavy atom. The largest absolute Gasteiger partial charge is 0.315 e. The second kappa shape index (κ2) is 6.78. The zero-order valence-corrected chi connectivity index (χ0v) is 9.55. The average Bonchev–Trinajstić information content (AvgIpc) is 2.63. The van der Waals surface area contributed by atoms with E-state index in [4.69, 9.17) is 0 Å². The molecule has 1 aromatic rings. The Labute approximate surface area is 88.6 Å². The van der Waals surface area contributed by atoms with E-state index in [2.05, 4.69) is 34.7 Å². The van der Waals surface area contributed by atoms with Crippen molar-refractivity contribution in [3.63, 3.8) is 0 Å². The molecule has 0 amide bonds. The highest BCUT2D eigenvalue weighted by atomic mass is 32.2. The van der Waals surface area contributed by atoms with Gasteiger partial charge in [-0.2, -0.15) is 0 Å². The number of hydrogen-bond donors (Lipinski definition) is 1. The number of rotatable bonds is 7. The van der Waals surface area contributed by atoms with Crippen molar-refractivity contribution in [2.24, 2.45) is 0 Å². The molecule has 1 heterocycles. The maximum Gasteiger partial charge on any atom is 0.209 e. The van der Waals surface area contributed by atoms with Crippen LogP contribution in [0.4, 0.5) is 0 Å². The van der Waals surface area contributed by atoms with Gasteiger partial charge in [-0.25, -0.2) is 4.68 Å². The summed E-state index contributed by atoms with van der Waals surface area (Å²) in [5, 5.41) is 15.7. The fourth-order valence-corrected chi connectivity index (χ4v) is 1.75. The van der Waals surface area contributed by atoms with E-state index in [9.17, 15) is 0 Å². The lowest BCUT2D eigenvalue weighted by Gasteiger charge is -2.03. The van der Waals surface area contributed by atoms with E-state index in [-0.39, 0.29) is 0 Å². The van der Waals surface area contributed by atoms with Crippen molar-refractivity contribution in [3.05, 3.63) is 0 Å². The monoisotopic (exact) mass is 215 g/mol. The maximum atomic E-state index is 3.97. The van der Waals surface area contributed by atoms with Gasteiger partial charge in [0.1, 0.15) is 0 Å². The number of likely N-dealkylation sites (N-methyl/N-ethyl adjacent to an activating group) is 1. The minimum absolute atomic E-state index is 0.840. The van der Waals surface area contributed by atoms with Gasteiger partial charge < -0.3 is 5.32 Å². The average molecular weight is 215 g/mol. The summed E-state index contributed by atoms with van der Waals surface area (Å²) in [6.45, 7) is 6.99. The molecule has 80 valence electrons. The lowest BCUT2D eigenvalue weighted by molar-refractivity contribution is 0.517. The third-order valence-electron chi connectivity index (χ3n) is 1.68. The van der Waals surface area contributed by atoms with Gasteiger partial charge in [-0.3, -0.25) is 0 Å². The van der Waals surface area contributed by atoms with Gasteiger partial charge >= 0.3 is 0 Å². The molecule has 5 nitrogen and oxygen atoms in total. The Hall–Kier alpha value is -0.620. The van der Waals surface area contributed by atoms with Crippen molar-refractivity contribution >= 4 is 11.8 Å². The predicted octanol–water partition coefficient (Wildman–Crippen LogP) is 0.785. The molecule has 0 aromatic carbocycles. The molecule has 6 heteroatoms. The summed E-state index contributed by atoms with van der Waals surface area (Å²) in [5.41, 5.74) is 0. The van der Waals surface area contributed by atoms with Crippen molar-refractivity contribution in [1.29, 1.82) is 0 Å². The Kier molecular flexibility index (Phi) is 5.55. The second-order valence-corrected chi connectivity index (χ2v) is 3.95. The molecule has 1 rings (SSSR count). The van der Waals surface area contributed by atoms with Crippen LogP contribution in [-0.4, -0.2) is 39.0 Å². The van der Waals surface area contributed by atoms with Crippen LogP contribution < -0.4 is 5.32 Å². The first-order valence-electron chi connectivity index (χ1n) is 4.98. The lowest BCUT2D eigenvalue weighted by Crippen LogP contribution is -2.20. The van der Waals surface area contributed by atoms with Crippen LogP contribution in [0.5, 0.6) is 0 Å². The van der Waals surface area contributed by atoms with Gasteiger partial charge in [-0.05, 0) is 23.4 Å². The Morgan fingerprint density at radius 2 is 2.29 bits per heavy atom. The molecule has 1 aromatic heterocycles. The highest BCUT2D eigenvalue weighted by Gasteiger charge is 2.04. The normalized spacial score (nSPS) is 10.7. The molecular formula is C8H17N5S. The number of tetrazole rings is 1. The lowest BCUT2D eigenvalue weighted by atomic mass is 10.6. The van der Waals surface area contributed by atoms with Gasteiger partial charge in [0, 0.05) is 12.3 Å². The summed E-state index contributed by atoms with van der Waals surface area (Å²) >= 11 is 1.71. The van der Waals surface area contributed by atoms with Crippen LogP contribution in [0.2, 0.25) is 0 Å². The first kappa shape index (κ1) is 11.5. The summed E-state index contributed by atoms with van der Waals surface area (Å²) in [6, 6.07) is 0. The highest BCUT2D eigenvalue weighted by Crippen LogP contribution is 2.13. The topological polar surface area (TPSA) is 55.6 Å². The molecule has 0 radical (unpaired) electrons. The van der Waals surface area contributed by atoms with Crippen LogP contribution in [0.1, 0.15) is 20.3 Å². The molecule has 0 fully saturated rings. The first-order chi connectivity index (χ1) is 6.88. The van der Waals surface area contributed by atoms with E-state index >= 15 is 0 Å². The van der Waals surface area contributed by atoms with Gasteiger partial charge in [-0.1, -0.05) is 25.6 Å². The minimum atomic E-state index is 0.840. The Bertz CT molecular complexity index is 250. The zero-order chi connectivity index (χ0) is 10.2. The number of nitrogens with one attached hydrogen (secondary N) is 1. The van der Waals surface area contributed by atoms with E-state index < -0.39 is 0 Å². The molecule has 0 aliphatic heterocycles. The van der Waals surface area contributed by atoms with Crippen molar-refractivity contribution in [3.8, 4) is 0 Å². The van der Waals surface area contributed by atoms with Gasteiger partial charge in [0.2, 0.25) is 5.16 Å². The molecule has 0 aliphatic rings. The first-order valence-corrected chi connectivity index (χ1v) is 5.96. The van der Waals surface area contributed by atoms with Crippen LogP contribution >= 0.6 is 11.8 Å². The summed E-state index contributed by atoms with van der Waals surface area (Å²) in [4.78, 5) is 0. The number of hydrogen-bond acceptors (Lipinski definition) is 5. The van der Waals surface area contributed by atoms with Gasteiger partial charge in [-0.15, -0.1) is 5.10 Å². The van der Waals surface area contributed by atoms with Crippen molar-refractivity contribution in [1.82, 2.24) is 25.5 Å². The van der Waals surface area contributed by atoms with E-state index in [0.29, 0.717) is 0 Å². The van der Waals surface area contributed by atoms with Gasteiger partial charge in [0.15, 0.2) is 0 Å². The fourth-order valence-electron chi connectivity index (χ4n) is 0.995. The number of thioether (sulfide) groups is 1. The molecule has 0 saturated heterocycles. The van der Waals surface area contributed by atoms with E-state index in [0.717, 1.165) is 37.0 Å². The van der Waals surface area contributed by atoms with Crippen molar-refractivity contribution < 1.29 is 0 Å². The quantitative estimate of drug-likeness (QED) is 0.538. The maximum absolute atomic E-state index is 3.97. The van der Waals surface area contributed by atoms with Crippen molar-refractivity contribution in [2.75, 3.05) is 18.8 Å². The van der Waals surface area contributed by atoms with E-state index in [1.165, 1.54) is 0 Å². The second-order valence-electron chi connectivity index (χ2n) is 2.89. The van der Waals surface area contributed by atoms with Gasteiger partial charge in [0.25, 0.3) is 0 Å².